The Morgan fingerprint density at radius 1 is 1.62 bits per heavy atom. The molecular formula is C11H15NS. The molecule has 2 heteroatoms. The minimum Gasteiger partial charge on any atom is -0.316 e. The fourth-order valence-electron chi connectivity index (χ4n) is 3.01. The molecule has 1 aliphatic heterocycles. The van der Waals surface area contributed by atoms with Crippen LogP contribution in [0.15, 0.2) is 11.4 Å². The van der Waals surface area contributed by atoms with Gasteiger partial charge in [0.15, 0.2) is 0 Å². The van der Waals surface area contributed by atoms with Gasteiger partial charge in [0.05, 0.1) is 0 Å². The van der Waals surface area contributed by atoms with Gasteiger partial charge in [-0.3, -0.25) is 0 Å². The van der Waals surface area contributed by atoms with Crippen molar-refractivity contribution in [3.63, 3.8) is 0 Å². The standard InChI is InChI=1S/C11H15NS/c1-8-6-9-2-5-13-10(9)11(8)3-4-12-7-11/h2,5,8,12H,3-4,6-7H2,1H3. The van der Waals surface area contributed by atoms with Crippen LogP contribution in [0.2, 0.25) is 0 Å². The summed E-state index contributed by atoms with van der Waals surface area (Å²) in [4.78, 5) is 1.69. The molecule has 1 aromatic rings. The molecule has 1 aliphatic carbocycles. The molecule has 0 saturated carbocycles. The summed E-state index contributed by atoms with van der Waals surface area (Å²) in [5.74, 6) is 0.852. The molecule has 2 unspecified atom stereocenters. The Balaban J connectivity index is 2.12. The van der Waals surface area contributed by atoms with Crippen LogP contribution in [0.3, 0.4) is 0 Å². The second-order valence-corrected chi connectivity index (χ2v) is 5.38. The Kier molecular flexibility index (Phi) is 1.59. The van der Waals surface area contributed by atoms with Crippen molar-refractivity contribution < 1.29 is 0 Å². The van der Waals surface area contributed by atoms with Crippen LogP contribution < -0.4 is 5.32 Å². The lowest BCUT2D eigenvalue weighted by Crippen LogP contribution is -2.31. The van der Waals surface area contributed by atoms with E-state index in [4.69, 9.17) is 0 Å². The molecular weight excluding hydrogens is 178 g/mol. The molecule has 1 nitrogen and oxygen atoms in total. The zero-order chi connectivity index (χ0) is 8.89. The molecule has 1 saturated heterocycles. The minimum absolute atomic E-state index is 0.517. The van der Waals surface area contributed by atoms with Crippen LogP contribution in [0.5, 0.6) is 0 Å². The van der Waals surface area contributed by atoms with E-state index in [1.165, 1.54) is 25.9 Å². The summed E-state index contributed by atoms with van der Waals surface area (Å²) in [6.45, 7) is 4.84. The summed E-state index contributed by atoms with van der Waals surface area (Å²) >= 11 is 1.97. The molecule has 1 fully saturated rings. The van der Waals surface area contributed by atoms with Crippen LogP contribution in [0.25, 0.3) is 0 Å². The number of fused-ring (bicyclic) bond motifs is 2. The van der Waals surface area contributed by atoms with Crippen molar-refractivity contribution in [3.8, 4) is 0 Å². The lowest BCUT2D eigenvalue weighted by Gasteiger charge is -2.27. The van der Waals surface area contributed by atoms with Gasteiger partial charge in [0.1, 0.15) is 0 Å². The molecule has 0 bridgehead atoms. The highest BCUT2D eigenvalue weighted by Crippen LogP contribution is 2.49. The molecule has 0 radical (unpaired) electrons. The lowest BCUT2D eigenvalue weighted by molar-refractivity contribution is 0.349. The van der Waals surface area contributed by atoms with Crippen molar-refractivity contribution in [2.24, 2.45) is 5.92 Å². The fraction of sp³-hybridized carbons (Fsp3) is 0.636. The van der Waals surface area contributed by atoms with E-state index in [0.29, 0.717) is 5.41 Å². The van der Waals surface area contributed by atoms with E-state index in [9.17, 15) is 0 Å². The maximum atomic E-state index is 3.52. The lowest BCUT2D eigenvalue weighted by atomic mass is 9.78. The van der Waals surface area contributed by atoms with Gasteiger partial charge in [-0.15, -0.1) is 11.3 Å². The SMILES string of the molecule is CC1Cc2ccsc2C12CCNC2. The van der Waals surface area contributed by atoms with Crippen molar-refractivity contribution in [1.29, 1.82) is 0 Å². The van der Waals surface area contributed by atoms with Crippen molar-refractivity contribution in [3.05, 3.63) is 21.9 Å². The molecule has 0 aromatic carbocycles. The number of hydrogen-bond acceptors (Lipinski definition) is 2. The Morgan fingerprint density at radius 3 is 3.31 bits per heavy atom. The molecule has 70 valence electrons. The summed E-state index contributed by atoms with van der Waals surface area (Å²) < 4.78 is 0. The number of rotatable bonds is 0. The Morgan fingerprint density at radius 2 is 2.54 bits per heavy atom. The molecule has 1 aromatic heterocycles. The highest BCUT2D eigenvalue weighted by molar-refractivity contribution is 7.10. The van der Waals surface area contributed by atoms with E-state index in [-0.39, 0.29) is 0 Å². The summed E-state index contributed by atoms with van der Waals surface area (Å²) in [6.07, 6.45) is 2.65. The third-order valence-corrected chi connectivity index (χ3v) is 5.03. The Labute approximate surface area is 83.2 Å². The van der Waals surface area contributed by atoms with Gasteiger partial charge in [0.2, 0.25) is 0 Å². The first-order chi connectivity index (χ1) is 6.33. The maximum Gasteiger partial charge on any atom is 0.0215 e. The molecule has 1 N–H and O–H groups in total. The average Bonchev–Trinajstić information content (AvgIpc) is 2.72. The van der Waals surface area contributed by atoms with Crippen LogP contribution >= 0.6 is 11.3 Å². The molecule has 3 rings (SSSR count). The second kappa shape index (κ2) is 2.58. The van der Waals surface area contributed by atoms with Gasteiger partial charge >= 0.3 is 0 Å². The predicted octanol–water partition coefficient (Wildman–Crippen LogP) is 2.17. The quantitative estimate of drug-likeness (QED) is 0.666. The van der Waals surface area contributed by atoms with E-state index in [1.807, 2.05) is 11.3 Å². The van der Waals surface area contributed by atoms with E-state index in [2.05, 4.69) is 23.7 Å². The second-order valence-electron chi connectivity index (χ2n) is 4.46. The van der Waals surface area contributed by atoms with Crippen LogP contribution in [-0.2, 0) is 11.8 Å². The Bertz CT molecular complexity index is 323. The van der Waals surface area contributed by atoms with E-state index in [0.717, 1.165) is 5.92 Å². The van der Waals surface area contributed by atoms with Crippen LogP contribution in [-0.4, -0.2) is 13.1 Å². The highest BCUT2D eigenvalue weighted by atomic mass is 32.1. The third-order valence-electron chi connectivity index (χ3n) is 3.86. The van der Waals surface area contributed by atoms with E-state index >= 15 is 0 Å². The van der Waals surface area contributed by atoms with Gasteiger partial charge in [0, 0.05) is 16.8 Å². The van der Waals surface area contributed by atoms with Gasteiger partial charge in [-0.1, -0.05) is 6.92 Å². The fourth-order valence-corrected chi connectivity index (χ4v) is 4.29. The monoisotopic (exact) mass is 193 g/mol. The summed E-state index contributed by atoms with van der Waals surface area (Å²) in [5, 5.41) is 5.78. The highest BCUT2D eigenvalue weighted by Gasteiger charge is 2.47. The van der Waals surface area contributed by atoms with Crippen LogP contribution in [0.4, 0.5) is 0 Å². The smallest absolute Gasteiger partial charge is 0.0215 e. The molecule has 2 heterocycles. The van der Waals surface area contributed by atoms with E-state index < -0.39 is 0 Å². The molecule has 2 atom stereocenters. The molecule has 2 aliphatic rings. The predicted molar refractivity (Wildman–Crippen MR) is 56.4 cm³/mol. The van der Waals surface area contributed by atoms with E-state index in [1.54, 1.807) is 10.4 Å². The largest absolute Gasteiger partial charge is 0.316 e. The van der Waals surface area contributed by atoms with Crippen LogP contribution in [0.1, 0.15) is 23.8 Å². The summed E-state index contributed by atoms with van der Waals surface area (Å²) in [6, 6.07) is 2.32. The van der Waals surface area contributed by atoms with Crippen molar-refractivity contribution in [2.45, 2.75) is 25.2 Å². The molecule has 0 amide bonds. The van der Waals surface area contributed by atoms with Crippen molar-refractivity contribution in [2.75, 3.05) is 13.1 Å². The normalized spacial score (nSPS) is 37.2. The number of hydrogen-bond donors (Lipinski definition) is 1. The zero-order valence-corrected chi connectivity index (χ0v) is 8.79. The first-order valence-corrected chi connectivity index (χ1v) is 5.98. The van der Waals surface area contributed by atoms with Gasteiger partial charge in [-0.2, -0.15) is 0 Å². The topological polar surface area (TPSA) is 12.0 Å². The minimum atomic E-state index is 0.517. The zero-order valence-electron chi connectivity index (χ0n) is 7.97. The third kappa shape index (κ3) is 0.906. The first-order valence-electron chi connectivity index (χ1n) is 5.10. The Hall–Kier alpha value is -0.340. The number of thiophene rings is 1. The molecule has 1 spiro atoms. The van der Waals surface area contributed by atoms with Crippen molar-refractivity contribution >= 4 is 11.3 Å². The first kappa shape index (κ1) is 8.01. The van der Waals surface area contributed by atoms with Crippen LogP contribution in [0, 0.1) is 5.92 Å². The van der Waals surface area contributed by atoms with Crippen molar-refractivity contribution in [1.82, 2.24) is 5.32 Å². The summed E-state index contributed by atoms with van der Waals surface area (Å²) in [5.41, 5.74) is 2.14. The van der Waals surface area contributed by atoms with Gasteiger partial charge < -0.3 is 5.32 Å². The van der Waals surface area contributed by atoms with Gasteiger partial charge in [-0.25, -0.2) is 0 Å². The molecule has 13 heavy (non-hydrogen) atoms. The number of nitrogens with one attached hydrogen (secondary N) is 1. The average molecular weight is 193 g/mol. The summed E-state index contributed by atoms with van der Waals surface area (Å²) in [7, 11) is 0. The maximum absolute atomic E-state index is 3.52. The van der Waals surface area contributed by atoms with Gasteiger partial charge in [-0.05, 0) is 42.3 Å². The van der Waals surface area contributed by atoms with Gasteiger partial charge in [0.25, 0.3) is 0 Å².